The van der Waals surface area contributed by atoms with Gasteiger partial charge >= 0.3 is 12.3 Å². The predicted molar refractivity (Wildman–Crippen MR) is 288 cm³/mol. The summed E-state index contributed by atoms with van der Waals surface area (Å²) in [7, 11) is 0. The van der Waals surface area contributed by atoms with Gasteiger partial charge in [0.05, 0.1) is 13.2 Å². The molecule has 0 fully saturated rings. The molecule has 6 heteroatoms. The van der Waals surface area contributed by atoms with Crippen molar-refractivity contribution in [2.75, 3.05) is 13.2 Å². The molecule has 0 aliphatic rings. The molecule has 0 rings (SSSR count). The largest absolute Gasteiger partial charge is 0.549 e. The first-order chi connectivity index (χ1) is 32.6. The molecule has 0 aromatic heterocycles. The first kappa shape index (κ1) is 66.6. The summed E-state index contributed by atoms with van der Waals surface area (Å²) in [5, 5.41) is 0. The minimum absolute atomic E-state index is 0.272. The first-order valence-electron chi connectivity index (χ1n) is 30.3. The van der Waals surface area contributed by atoms with Crippen LogP contribution >= 0.6 is 0 Å². The van der Waals surface area contributed by atoms with Gasteiger partial charge in [-0.3, -0.25) is 0 Å². The van der Waals surface area contributed by atoms with E-state index >= 15 is 0 Å². The highest BCUT2D eigenvalue weighted by molar-refractivity contribution is 5.63. The van der Waals surface area contributed by atoms with Gasteiger partial charge in [0.2, 0.25) is 0 Å². The maximum atomic E-state index is 11.5. The van der Waals surface area contributed by atoms with Crippen molar-refractivity contribution in [2.24, 2.45) is 0 Å². The molecule has 0 atom stereocenters. The molecule has 0 aromatic carbocycles. The lowest BCUT2D eigenvalue weighted by Gasteiger charge is -2.06. The number of unbranched alkanes of at least 4 members (excludes halogenated alkanes) is 49. The molecule has 0 radical (unpaired) electrons. The summed E-state index contributed by atoms with van der Waals surface area (Å²) >= 11 is 0. The number of ether oxygens (including phenoxy) is 2. The number of carbonyl (C=O) groups excluding carboxylic acids is 2. The molecule has 396 valence electrons. The Bertz CT molecular complexity index is 809. The summed E-state index contributed by atoms with van der Waals surface area (Å²) < 4.78 is 9.87. The second-order valence-corrected chi connectivity index (χ2v) is 20.3. The maximum Gasteiger partial charge on any atom is 0.549 e. The SMILES string of the molecule is CCCCCCCCCCCCCCCCCCCCCCCCCC.CCCCCCCCCCCCCCCCOC(=O)OOC(=O)OCCCCCCCCCCCCCCCC. The van der Waals surface area contributed by atoms with E-state index in [2.05, 4.69) is 37.5 Å². The molecular weight excluding hydrogens is 817 g/mol. The van der Waals surface area contributed by atoms with E-state index in [1.165, 1.54) is 295 Å². The molecular formula is C60H120O6. The van der Waals surface area contributed by atoms with Crippen LogP contribution in [0, 0.1) is 0 Å². The topological polar surface area (TPSA) is 71.1 Å². The molecule has 0 aliphatic heterocycles. The Balaban J connectivity index is 0. The van der Waals surface area contributed by atoms with Gasteiger partial charge in [0.25, 0.3) is 0 Å². The molecule has 0 aromatic rings. The van der Waals surface area contributed by atoms with Gasteiger partial charge < -0.3 is 9.47 Å². The van der Waals surface area contributed by atoms with Crippen molar-refractivity contribution in [3.63, 3.8) is 0 Å². The van der Waals surface area contributed by atoms with Crippen LogP contribution in [0.3, 0.4) is 0 Å². The van der Waals surface area contributed by atoms with E-state index in [0.717, 1.165) is 38.5 Å². The lowest BCUT2D eigenvalue weighted by Crippen LogP contribution is -2.14. The average Bonchev–Trinajstić information content (AvgIpc) is 3.32. The van der Waals surface area contributed by atoms with Gasteiger partial charge in [-0.15, -0.1) is 0 Å². The summed E-state index contributed by atoms with van der Waals surface area (Å²) in [5.41, 5.74) is 0. The Labute approximate surface area is 414 Å². The van der Waals surface area contributed by atoms with Gasteiger partial charge in [-0.1, -0.05) is 349 Å². The van der Waals surface area contributed by atoms with Gasteiger partial charge in [0.15, 0.2) is 0 Å². The average molecular weight is 938 g/mol. The van der Waals surface area contributed by atoms with E-state index in [4.69, 9.17) is 9.47 Å². The zero-order valence-corrected chi connectivity index (χ0v) is 45.6. The zero-order chi connectivity index (χ0) is 48.2. The van der Waals surface area contributed by atoms with E-state index in [1.54, 1.807) is 0 Å². The van der Waals surface area contributed by atoms with Crippen molar-refractivity contribution in [2.45, 2.75) is 362 Å². The van der Waals surface area contributed by atoms with Crippen LogP contribution in [-0.4, -0.2) is 25.5 Å². The molecule has 0 unspecified atom stereocenters. The van der Waals surface area contributed by atoms with Crippen LogP contribution in [0.2, 0.25) is 0 Å². The minimum atomic E-state index is -0.997. The normalized spacial score (nSPS) is 11.1. The monoisotopic (exact) mass is 937 g/mol. The fourth-order valence-electron chi connectivity index (χ4n) is 9.06. The highest BCUT2D eigenvalue weighted by Crippen LogP contribution is 2.17. The minimum Gasteiger partial charge on any atom is -0.432 e. The van der Waals surface area contributed by atoms with Crippen LogP contribution < -0.4 is 0 Å². The van der Waals surface area contributed by atoms with E-state index in [-0.39, 0.29) is 13.2 Å². The lowest BCUT2D eigenvalue weighted by molar-refractivity contribution is -0.217. The van der Waals surface area contributed by atoms with Crippen LogP contribution in [0.1, 0.15) is 362 Å². The van der Waals surface area contributed by atoms with E-state index < -0.39 is 12.3 Å². The molecule has 0 amide bonds. The highest BCUT2D eigenvalue weighted by Gasteiger charge is 2.12. The fourth-order valence-corrected chi connectivity index (χ4v) is 9.06. The Morgan fingerprint density at radius 1 is 0.197 bits per heavy atom. The Morgan fingerprint density at radius 2 is 0.318 bits per heavy atom. The lowest BCUT2D eigenvalue weighted by atomic mass is 10.0. The third kappa shape index (κ3) is 64.6. The molecule has 0 saturated heterocycles. The number of carbonyl (C=O) groups is 2. The molecule has 6 nitrogen and oxygen atoms in total. The summed E-state index contributed by atoms with van der Waals surface area (Å²) in [6.45, 7) is 9.67. The number of rotatable bonds is 53. The first-order valence-corrected chi connectivity index (χ1v) is 30.3. The van der Waals surface area contributed by atoms with Crippen LogP contribution in [0.15, 0.2) is 0 Å². The summed E-state index contributed by atoms with van der Waals surface area (Å²) in [5.74, 6) is 0. The van der Waals surface area contributed by atoms with Crippen LogP contribution in [0.4, 0.5) is 9.59 Å². The Hall–Kier alpha value is -1.46. The van der Waals surface area contributed by atoms with Crippen molar-refractivity contribution >= 4 is 12.3 Å². The van der Waals surface area contributed by atoms with Crippen molar-refractivity contribution < 1.29 is 28.8 Å². The molecule has 66 heavy (non-hydrogen) atoms. The quantitative estimate of drug-likeness (QED) is 0.0262. The molecule has 0 spiro atoms. The van der Waals surface area contributed by atoms with Crippen molar-refractivity contribution in [3.8, 4) is 0 Å². The molecule has 0 heterocycles. The van der Waals surface area contributed by atoms with Gasteiger partial charge in [0, 0.05) is 0 Å². The molecule has 0 N–H and O–H groups in total. The van der Waals surface area contributed by atoms with Gasteiger partial charge in [-0.25, -0.2) is 0 Å². The Kier molecular flexibility index (Phi) is 64.1. The summed E-state index contributed by atoms with van der Waals surface area (Å²) in [6.07, 6.45) is 69.0. The zero-order valence-electron chi connectivity index (χ0n) is 45.6. The van der Waals surface area contributed by atoms with Crippen LogP contribution in [0.5, 0.6) is 0 Å². The second-order valence-electron chi connectivity index (χ2n) is 20.3. The summed E-state index contributed by atoms with van der Waals surface area (Å²) in [6, 6.07) is 0. The van der Waals surface area contributed by atoms with E-state index in [0.29, 0.717) is 0 Å². The second kappa shape index (κ2) is 63.5. The van der Waals surface area contributed by atoms with Gasteiger partial charge in [0.1, 0.15) is 0 Å². The van der Waals surface area contributed by atoms with Crippen molar-refractivity contribution in [1.82, 2.24) is 0 Å². The van der Waals surface area contributed by atoms with E-state index in [1.807, 2.05) is 0 Å². The highest BCUT2D eigenvalue weighted by atomic mass is 17.3. The molecule has 0 saturated carbocycles. The van der Waals surface area contributed by atoms with Gasteiger partial charge in [-0.05, 0) is 12.8 Å². The summed E-state index contributed by atoms with van der Waals surface area (Å²) in [4.78, 5) is 31.8. The predicted octanol–water partition coefficient (Wildman–Crippen LogP) is 22.6. The van der Waals surface area contributed by atoms with E-state index in [9.17, 15) is 9.59 Å². The third-order valence-corrected chi connectivity index (χ3v) is 13.6. The van der Waals surface area contributed by atoms with Crippen LogP contribution in [0.25, 0.3) is 0 Å². The number of hydrogen-bond donors (Lipinski definition) is 0. The third-order valence-electron chi connectivity index (χ3n) is 13.6. The Morgan fingerprint density at radius 3 is 0.455 bits per heavy atom. The maximum absolute atomic E-state index is 11.5. The standard InChI is InChI=1S/C34H66O6.C26H54/c1-3-5-7-9-11-13-15-17-19-21-23-25-27-29-31-37-33(35)39-40-34(36)38-32-30-28-26-24-22-20-18-16-14-12-10-8-6-4-2;1-3-5-7-9-11-13-15-17-19-21-23-25-26-24-22-20-18-16-14-12-10-8-6-4-2/h3-32H2,1-2H3;3-26H2,1-2H3. The molecule has 0 bridgehead atoms. The smallest absolute Gasteiger partial charge is 0.432 e. The van der Waals surface area contributed by atoms with Crippen LogP contribution in [-0.2, 0) is 19.2 Å². The molecule has 0 aliphatic carbocycles. The van der Waals surface area contributed by atoms with Crippen molar-refractivity contribution in [1.29, 1.82) is 0 Å². The van der Waals surface area contributed by atoms with Gasteiger partial charge in [-0.2, -0.15) is 19.4 Å². The number of hydrogen-bond acceptors (Lipinski definition) is 6. The van der Waals surface area contributed by atoms with Crippen molar-refractivity contribution in [3.05, 3.63) is 0 Å². The fraction of sp³-hybridized carbons (Fsp3) is 0.967.